The molecule has 1 saturated carbocycles. The van der Waals surface area contributed by atoms with E-state index in [2.05, 4.69) is 0 Å². The molecule has 0 aromatic heterocycles. The fraction of sp³-hybridized carbons (Fsp3) is 0.550. The molecule has 7 heteroatoms. The van der Waals surface area contributed by atoms with Crippen molar-refractivity contribution in [2.24, 2.45) is 5.92 Å². The first-order valence-electron chi connectivity index (χ1n) is 9.40. The number of aliphatic carboxylic acids is 1. The van der Waals surface area contributed by atoms with Crippen LogP contribution in [0.1, 0.15) is 44.1 Å². The lowest BCUT2D eigenvalue weighted by Crippen LogP contribution is -2.43. The number of carboxylic acids is 1. The van der Waals surface area contributed by atoms with E-state index in [1.807, 2.05) is 4.90 Å². The lowest BCUT2D eigenvalue weighted by molar-refractivity contribution is -0.145. The van der Waals surface area contributed by atoms with Crippen LogP contribution in [0.3, 0.4) is 0 Å². The number of carbonyl (C=O) groups excluding carboxylic acids is 2. The Morgan fingerprint density at radius 2 is 1.89 bits per heavy atom. The average Bonchev–Trinajstić information content (AvgIpc) is 3.43. The van der Waals surface area contributed by atoms with E-state index in [9.17, 15) is 18.8 Å². The van der Waals surface area contributed by atoms with Gasteiger partial charge in [0.25, 0.3) is 0 Å². The van der Waals surface area contributed by atoms with Gasteiger partial charge < -0.3 is 14.9 Å². The lowest BCUT2D eigenvalue weighted by atomic mass is 10.1. The summed E-state index contributed by atoms with van der Waals surface area (Å²) in [5, 5.41) is 9.03. The predicted octanol–water partition coefficient (Wildman–Crippen LogP) is 2.24. The number of halogens is 1. The van der Waals surface area contributed by atoms with Crippen molar-refractivity contribution in [2.45, 2.75) is 44.6 Å². The Morgan fingerprint density at radius 1 is 1.19 bits per heavy atom. The van der Waals surface area contributed by atoms with E-state index < -0.39 is 5.97 Å². The zero-order valence-corrected chi connectivity index (χ0v) is 15.4. The number of carboxylic acid groups (broad SMARTS) is 1. The van der Waals surface area contributed by atoms with Gasteiger partial charge >= 0.3 is 5.97 Å². The molecule has 0 spiro atoms. The summed E-state index contributed by atoms with van der Waals surface area (Å²) >= 11 is 0. The van der Waals surface area contributed by atoms with Crippen molar-refractivity contribution in [3.05, 3.63) is 35.6 Å². The van der Waals surface area contributed by atoms with E-state index in [0.29, 0.717) is 25.9 Å². The summed E-state index contributed by atoms with van der Waals surface area (Å²) in [5.41, 5.74) is 0.992. The number of benzene rings is 1. The number of rotatable bonds is 5. The van der Waals surface area contributed by atoms with Crippen LogP contribution >= 0.6 is 0 Å². The summed E-state index contributed by atoms with van der Waals surface area (Å²) in [6.07, 6.45) is 2.81. The molecule has 2 aliphatic rings. The highest BCUT2D eigenvalue weighted by Gasteiger charge is 2.46. The molecule has 1 saturated heterocycles. The summed E-state index contributed by atoms with van der Waals surface area (Å²) in [7, 11) is 0. The van der Waals surface area contributed by atoms with Gasteiger partial charge in [0.05, 0.1) is 0 Å². The quantitative estimate of drug-likeness (QED) is 0.855. The molecule has 0 bridgehead atoms. The van der Waals surface area contributed by atoms with E-state index in [0.717, 1.165) is 18.4 Å². The van der Waals surface area contributed by atoms with E-state index in [-0.39, 0.29) is 42.1 Å². The Kier molecular flexibility index (Phi) is 5.77. The predicted molar refractivity (Wildman–Crippen MR) is 96.5 cm³/mol. The fourth-order valence-electron chi connectivity index (χ4n) is 4.03. The zero-order chi connectivity index (χ0) is 19.6. The number of likely N-dealkylation sites (tertiary alicyclic amines) is 1. The van der Waals surface area contributed by atoms with E-state index in [1.165, 1.54) is 24.0 Å². The van der Waals surface area contributed by atoms with Gasteiger partial charge in [-0.2, -0.15) is 0 Å². The maximum absolute atomic E-state index is 13.1. The molecule has 2 fully saturated rings. The van der Waals surface area contributed by atoms with Crippen LogP contribution in [0.15, 0.2) is 24.3 Å². The highest BCUT2D eigenvalue weighted by molar-refractivity contribution is 5.83. The van der Waals surface area contributed by atoms with Crippen LogP contribution in [0.5, 0.6) is 0 Å². The normalized spacial score (nSPS) is 24.8. The standard InChI is InChI=1S/C20H25FN2O4/c1-13(24)23(12-19(25)26)16-3-2-9-22(10-8-16)20(27)18-11-17(18)14-4-6-15(21)7-5-14/h4-7,16-18H,2-3,8-12H2,1H3,(H,25,26). The topological polar surface area (TPSA) is 77.9 Å². The van der Waals surface area contributed by atoms with Crippen molar-refractivity contribution < 1.29 is 23.9 Å². The fourth-order valence-corrected chi connectivity index (χ4v) is 4.03. The molecule has 2 amide bonds. The minimum Gasteiger partial charge on any atom is -0.480 e. The maximum Gasteiger partial charge on any atom is 0.323 e. The number of nitrogens with zero attached hydrogens (tertiary/aromatic N) is 2. The number of hydrogen-bond acceptors (Lipinski definition) is 3. The summed E-state index contributed by atoms with van der Waals surface area (Å²) < 4.78 is 13.1. The van der Waals surface area contributed by atoms with Crippen molar-refractivity contribution in [3.63, 3.8) is 0 Å². The van der Waals surface area contributed by atoms with Crippen LogP contribution in [-0.2, 0) is 14.4 Å². The first kappa shape index (κ1) is 19.3. The molecule has 1 heterocycles. The van der Waals surface area contributed by atoms with Gasteiger partial charge in [0, 0.05) is 32.0 Å². The average molecular weight is 376 g/mol. The van der Waals surface area contributed by atoms with Crippen LogP contribution in [0, 0.1) is 11.7 Å². The van der Waals surface area contributed by atoms with Crippen LogP contribution < -0.4 is 0 Å². The Labute approximate surface area is 157 Å². The van der Waals surface area contributed by atoms with Gasteiger partial charge in [-0.05, 0) is 49.3 Å². The molecule has 6 nitrogen and oxygen atoms in total. The molecule has 1 aromatic rings. The van der Waals surface area contributed by atoms with Crippen molar-refractivity contribution in [1.29, 1.82) is 0 Å². The Hall–Kier alpha value is -2.44. The first-order chi connectivity index (χ1) is 12.9. The SMILES string of the molecule is CC(=O)N(CC(=O)O)C1CCCN(C(=O)C2CC2c2ccc(F)cc2)CC1. The second kappa shape index (κ2) is 8.06. The van der Waals surface area contributed by atoms with Crippen LogP contribution in [0.2, 0.25) is 0 Å². The smallest absolute Gasteiger partial charge is 0.323 e. The van der Waals surface area contributed by atoms with Gasteiger partial charge in [0.15, 0.2) is 0 Å². The third kappa shape index (κ3) is 4.64. The highest BCUT2D eigenvalue weighted by Crippen LogP contribution is 2.48. The van der Waals surface area contributed by atoms with Crippen LogP contribution in [0.4, 0.5) is 4.39 Å². The minimum atomic E-state index is -1.03. The van der Waals surface area contributed by atoms with Gasteiger partial charge in [0.2, 0.25) is 11.8 Å². The van der Waals surface area contributed by atoms with Gasteiger partial charge in [0.1, 0.15) is 12.4 Å². The molecule has 3 rings (SSSR count). The molecule has 3 atom stereocenters. The van der Waals surface area contributed by atoms with E-state index >= 15 is 0 Å². The van der Waals surface area contributed by atoms with Crippen LogP contribution in [-0.4, -0.2) is 58.4 Å². The molecule has 1 aliphatic heterocycles. The third-order valence-electron chi connectivity index (χ3n) is 5.57. The molecule has 146 valence electrons. The van der Waals surface area contributed by atoms with E-state index in [4.69, 9.17) is 5.11 Å². The van der Waals surface area contributed by atoms with Crippen LogP contribution in [0.25, 0.3) is 0 Å². The summed E-state index contributed by atoms with van der Waals surface area (Å²) in [6, 6.07) is 6.17. The Balaban J connectivity index is 1.58. The summed E-state index contributed by atoms with van der Waals surface area (Å²) in [4.78, 5) is 38.9. The largest absolute Gasteiger partial charge is 0.480 e. The van der Waals surface area contributed by atoms with Gasteiger partial charge in [-0.15, -0.1) is 0 Å². The minimum absolute atomic E-state index is 0.0602. The molecular formula is C20H25FN2O4. The number of hydrogen-bond donors (Lipinski definition) is 1. The van der Waals surface area contributed by atoms with Crippen molar-refractivity contribution in [1.82, 2.24) is 9.80 Å². The van der Waals surface area contributed by atoms with Crippen molar-refractivity contribution in [3.8, 4) is 0 Å². The second-order valence-corrected chi connectivity index (χ2v) is 7.45. The highest BCUT2D eigenvalue weighted by atomic mass is 19.1. The Morgan fingerprint density at radius 3 is 2.52 bits per heavy atom. The lowest BCUT2D eigenvalue weighted by Gasteiger charge is -2.29. The third-order valence-corrected chi connectivity index (χ3v) is 5.57. The number of amides is 2. The summed E-state index contributed by atoms with van der Waals surface area (Å²) in [5.74, 6) is -1.36. The van der Waals surface area contributed by atoms with Gasteiger partial charge in [-0.25, -0.2) is 4.39 Å². The maximum atomic E-state index is 13.1. The Bertz CT molecular complexity index is 721. The number of carbonyl (C=O) groups is 3. The van der Waals surface area contributed by atoms with E-state index in [1.54, 1.807) is 12.1 Å². The molecular weight excluding hydrogens is 351 g/mol. The van der Waals surface area contributed by atoms with Gasteiger partial charge in [-0.1, -0.05) is 12.1 Å². The second-order valence-electron chi connectivity index (χ2n) is 7.45. The monoisotopic (exact) mass is 376 g/mol. The first-order valence-corrected chi connectivity index (χ1v) is 9.40. The zero-order valence-electron chi connectivity index (χ0n) is 15.4. The van der Waals surface area contributed by atoms with Crippen molar-refractivity contribution >= 4 is 17.8 Å². The summed E-state index contributed by atoms with van der Waals surface area (Å²) in [6.45, 7) is 2.23. The van der Waals surface area contributed by atoms with Crippen molar-refractivity contribution in [2.75, 3.05) is 19.6 Å². The molecule has 1 aromatic carbocycles. The molecule has 0 radical (unpaired) electrons. The molecule has 1 aliphatic carbocycles. The molecule has 1 N–H and O–H groups in total. The molecule has 27 heavy (non-hydrogen) atoms. The molecule has 3 unspecified atom stereocenters. The van der Waals surface area contributed by atoms with Gasteiger partial charge in [-0.3, -0.25) is 14.4 Å².